The van der Waals surface area contributed by atoms with Gasteiger partial charge in [0, 0.05) is 0 Å². The SMILES string of the molecule is CCOC(=O)Nc1nnc(SCC(=O)N2CC(=O)Nc3ccccc32)s1. The molecule has 0 fully saturated rings. The quantitative estimate of drug-likeness (QED) is 0.591. The molecular weight excluding hydrogens is 378 g/mol. The highest BCUT2D eigenvalue weighted by Gasteiger charge is 2.26. The molecule has 3 amide bonds. The van der Waals surface area contributed by atoms with Gasteiger partial charge in [0.05, 0.1) is 23.7 Å². The molecule has 0 radical (unpaired) electrons. The topological polar surface area (TPSA) is 114 Å². The lowest BCUT2D eigenvalue weighted by molar-refractivity contribution is -0.120. The Kier molecular flexibility index (Phi) is 5.68. The molecule has 2 aromatic rings. The van der Waals surface area contributed by atoms with Crippen LogP contribution in [0.2, 0.25) is 0 Å². The molecular formula is C15H15N5O4S2. The van der Waals surface area contributed by atoms with Crippen LogP contribution in [0.4, 0.5) is 21.3 Å². The summed E-state index contributed by atoms with van der Waals surface area (Å²) in [4.78, 5) is 37.1. The highest BCUT2D eigenvalue weighted by atomic mass is 32.2. The first-order valence-electron chi connectivity index (χ1n) is 7.66. The first kappa shape index (κ1) is 18.1. The predicted octanol–water partition coefficient (Wildman–Crippen LogP) is 2.18. The molecule has 0 atom stereocenters. The van der Waals surface area contributed by atoms with Crippen molar-refractivity contribution in [3.05, 3.63) is 24.3 Å². The summed E-state index contributed by atoms with van der Waals surface area (Å²) in [5.74, 6) is -0.360. The molecule has 3 rings (SSSR count). The minimum Gasteiger partial charge on any atom is -0.450 e. The smallest absolute Gasteiger partial charge is 0.413 e. The molecule has 0 unspecified atom stereocenters. The second-order valence-electron chi connectivity index (χ2n) is 5.05. The van der Waals surface area contributed by atoms with Crippen LogP contribution in [0.25, 0.3) is 0 Å². The van der Waals surface area contributed by atoms with Crippen LogP contribution in [0.1, 0.15) is 6.92 Å². The lowest BCUT2D eigenvalue weighted by Gasteiger charge is -2.28. The second kappa shape index (κ2) is 8.15. The number of hydrogen-bond acceptors (Lipinski definition) is 8. The van der Waals surface area contributed by atoms with E-state index in [2.05, 4.69) is 20.8 Å². The van der Waals surface area contributed by atoms with Crippen LogP contribution in [0.5, 0.6) is 0 Å². The first-order valence-corrected chi connectivity index (χ1v) is 9.46. The van der Waals surface area contributed by atoms with Crippen LogP contribution in [-0.4, -0.2) is 47.0 Å². The number of hydrogen-bond donors (Lipinski definition) is 2. The zero-order chi connectivity index (χ0) is 18.5. The Morgan fingerprint density at radius 1 is 1.38 bits per heavy atom. The number of para-hydroxylation sites is 2. The third-order valence-electron chi connectivity index (χ3n) is 3.28. The zero-order valence-corrected chi connectivity index (χ0v) is 15.4. The lowest BCUT2D eigenvalue weighted by atomic mass is 10.2. The number of ether oxygens (including phenoxy) is 1. The monoisotopic (exact) mass is 393 g/mol. The highest BCUT2D eigenvalue weighted by molar-refractivity contribution is 8.01. The molecule has 1 aliphatic rings. The van der Waals surface area contributed by atoms with Crippen molar-refractivity contribution in [2.24, 2.45) is 0 Å². The van der Waals surface area contributed by atoms with Crippen LogP contribution in [0.3, 0.4) is 0 Å². The maximum Gasteiger partial charge on any atom is 0.413 e. The Morgan fingerprint density at radius 3 is 3.00 bits per heavy atom. The van der Waals surface area contributed by atoms with E-state index in [1.165, 1.54) is 16.7 Å². The minimum atomic E-state index is -0.604. The van der Waals surface area contributed by atoms with E-state index >= 15 is 0 Å². The fourth-order valence-corrected chi connectivity index (χ4v) is 3.84. The van der Waals surface area contributed by atoms with Crippen molar-refractivity contribution in [3.8, 4) is 0 Å². The number of rotatable bonds is 5. The number of fused-ring (bicyclic) bond motifs is 1. The summed E-state index contributed by atoms with van der Waals surface area (Å²) < 4.78 is 5.29. The Bertz CT molecular complexity index is 841. The van der Waals surface area contributed by atoms with Gasteiger partial charge in [0.25, 0.3) is 0 Å². The molecule has 0 bridgehead atoms. The molecule has 0 saturated carbocycles. The Labute approximate surface area is 157 Å². The van der Waals surface area contributed by atoms with E-state index in [4.69, 9.17) is 4.74 Å². The van der Waals surface area contributed by atoms with Gasteiger partial charge in [-0.3, -0.25) is 14.9 Å². The third kappa shape index (κ3) is 4.29. The number of nitrogens with one attached hydrogen (secondary N) is 2. The summed E-state index contributed by atoms with van der Waals surface area (Å²) in [5.41, 5.74) is 1.28. The Hall–Kier alpha value is -2.66. The van der Waals surface area contributed by atoms with Crippen molar-refractivity contribution in [3.63, 3.8) is 0 Å². The molecule has 0 aliphatic carbocycles. The number of nitrogens with zero attached hydrogens (tertiary/aromatic N) is 3. The number of benzene rings is 1. The molecule has 26 heavy (non-hydrogen) atoms. The molecule has 11 heteroatoms. The zero-order valence-electron chi connectivity index (χ0n) is 13.7. The third-order valence-corrected chi connectivity index (χ3v) is 5.24. The number of amides is 3. The minimum absolute atomic E-state index is 0.0256. The van der Waals surface area contributed by atoms with E-state index in [-0.39, 0.29) is 30.7 Å². The number of anilines is 3. The fraction of sp³-hybridized carbons (Fsp3) is 0.267. The number of thioether (sulfide) groups is 1. The Morgan fingerprint density at radius 2 is 2.19 bits per heavy atom. The van der Waals surface area contributed by atoms with Crippen LogP contribution >= 0.6 is 23.1 Å². The summed E-state index contributed by atoms with van der Waals surface area (Å²) in [5, 5.41) is 13.2. The number of aromatic nitrogens is 2. The summed E-state index contributed by atoms with van der Waals surface area (Å²) in [7, 11) is 0. The van der Waals surface area contributed by atoms with Crippen molar-refractivity contribution in [2.75, 3.05) is 34.4 Å². The average molecular weight is 393 g/mol. The molecule has 136 valence electrons. The molecule has 9 nitrogen and oxygen atoms in total. The summed E-state index contributed by atoms with van der Waals surface area (Å²) >= 11 is 2.33. The van der Waals surface area contributed by atoms with E-state index in [1.54, 1.807) is 25.1 Å². The van der Waals surface area contributed by atoms with Gasteiger partial charge in [-0.2, -0.15) is 0 Å². The van der Waals surface area contributed by atoms with E-state index in [0.29, 0.717) is 20.8 Å². The summed E-state index contributed by atoms with van der Waals surface area (Å²) in [6.07, 6.45) is -0.604. The van der Waals surface area contributed by atoms with Crippen LogP contribution < -0.4 is 15.5 Å². The van der Waals surface area contributed by atoms with Crippen molar-refractivity contribution in [2.45, 2.75) is 11.3 Å². The van der Waals surface area contributed by atoms with E-state index in [0.717, 1.165) is 11.3 Å². The standard InChI is InChI=1S/C15H15N5O4S2/c1-2-24-14(23)17-13-18-19-15(26-13)25-8-12(22)20-7-11(21)16-9-5-3-4-6-10(9)20/h3-6H,2,7-8H2,1H3,(H,16,21)(H,17,18,23). The molecule has 1 aromatic carbocycles. The van der Waals surface area contributed by atoms with Crippen LogP contribution in [0.15, 0.2) is 28.6 Å². The molecule has 0 spiro atoms. The van der Waals surface area contributed by atoms with Gasteiger partial charge in [0.15, 0.2) is 4.34 Å². The van der Waals surface area contributed by atoms with Gasteiger partial charge in [-0.05, 0) is 19.1 Å². The van der Waals surface area contributed by atoms with Crippen LogP contribution in [-0.2, 0) is 14.3 Å². The van der Waals surface area contributed by atoms with Gasteiger partial charge >= 0.3 is 6.09 Å². The molecule has 0 saturated heterocycles. The van der Waals surface area contributed by atoms with E-state index in [9.17, 15) is 14.4 Å². The maximum absolute atomic E-state index is 12.5. The summed E-state index contributed by atoms with van der Waals surface area (Å²) in [6.45, 7) is 1.93. The maximum atomic E-state index is 12.5. The van der Waals surface area contributed by atoms with Gasteiger partial charge in [0.1, 0.15) is 6.54 Å². The Balaban J connectivity index is 1.60. The molecule has 1 aromatic heterocycles. The van der Waals surface area contributed by atoms with Crippen molar-refractivity contribution < 1.29 is 19.1 Å². The van der Waals surface area contributed by atoms with Gasteiger partial charge in [-0.15, -0.1) is 10.2 Å². The van der Waals surface area contributed by atoms with Gasteiger partial charge in [-0.25, -0.2) is 4.79 Å². The largest absolute Gasteiger partial charge is 0.450 e. The number of carbonyl (C=O) groups excluding carboxylic acids is 3. The normalized spacial score (nSPS) is 13.0. The van der Waals surface area contributed by atoms with Crippen molar-refractivity contribution in [1.29, 1.82) is 0 Å². The average Bonchev–Trinajstić information content (AvgIpc) is 3.06. The highest BCUT2D eigenvalue weighted by Crippen LogP contribution is 2.31. The summed E-state index contributed by atoms with van der Waals surface area (Å²) in [6, 6.07) is 7.13. The van der Waals surface area contributed by atoms with Gasteiger partial charge in [-0.1, -0.05) is 35.2 Å². The van der Waals surface area contributed by atoms with Crippen LogP contribution in [0, 0.1) is 0 Å². The predicted molar refractivity (Wildman–Crippen MR) is 98.7 cm³/mol. The molecule has 1 aliphatic heterocycles. The van der Waals surface area contributed by atoms with Crippen molar-refractivity contribution in [1.82, 2.24) is 10.2 Å². The van der Waals surface area contributed by atoms with E-state index < -0.39 is 6.09 Å². The first-order chi connectivity index (χ1) is 12.6. The van der Waals surface area contributed by atoms with Gasteiger partial charge in [0.2, 0.25) is 16.9 Å². The number of carbonyl (C=O) groups is 3. The molecule has 2 N–H and O–H groups in total. The lowest BCUT2D eigenvalue weighted by Crippen LogP contribution is -2.43. The fourth-order valence-electron chi connectivity index (χ4n) is 2.23. The van der Waals surface area contributed by atoms with Crippen molar-refractivity contribution >= 4 is 57.5 Å². The van der Waals surface area contributed by atoms with E-state index in [1.807, 2.05) is 6.07 Å². The molecule has 2 heterocycles. The second-order valence-corrected chi connectivity index (χ2v) is 7.25. The van der Waals surface area contributed by atoms with Gasteiger partial charge < -0.3 is 15.0 Å².